The molecule has 0 aromatic rings. The van der Waals surface area contributed by atoms with Gasteiger partial charge in [-0.1, -0.05) is 0 Å². The van der Waals surface area contributed by atoms with E-state index in [1.807, 2.05) is 7.11 Å². The SMILES string of the molecule is COC1CCN(C2CCCC(C#N)(NC(C)C)C2)CC1. The first-order valence-corrected chi connectivity index (χ1v) is 8.04. The molecule has 1 aliphatic heterocycles. The Kier molecular flexibility index (Phi) is 5.42. The highest BCUT2D eigenvalue weighted by molar-refractivity contribution is 5.11. The Bertz CT molecular complexity index is 344. The van der Waals surface area contributed by atoms with Gasteiger partial charge in [0.25, 0.3) is 0 Å². The van der Waals surface area contributed by atoms with Crippen LogP contribution in [0.2, 0.25) is 0 Å². The number of nitrogens with one attached hydrogen (secondary N) is 1. The molecular weight excluding hydrogens is 250 g/mol. The Morgan fingerprint density at radius 1 is 1.30 bits per heavy atom. The van der Waals surface area contributed by atoms with Crippen molar-refractivity contribution < 1.29 is 4.74 Å². The molecule has 2 aliphatic rings. The highest BCUT2D eigenvalue weighted by atomic mass is 16.5. The van der Waals surface area contributed by atoms with Gasteiger partial charge < -0.3 is 9.64 Å². The minimum Gasteiger partial charge on any atom is -0.381 e. The van der Waals surface area contributed by atoms with Gasteiger partial charge in [-0.2, -0.15) is 5.26 Å². The molecule has 4 nitrogen and oxygen atoms in total. The molecule has 1 N–H and O–H groups in total. The summed E-state index contributed by atoms with van der Waals surface area (Å²) in [5.41, 5.74) is -0.310. The highest BCUT2D eigenvalue weighted by Crippen LogP contribution is 2.32. The van der Waals surface area contributed by atoms with Crippen LogP contribution in [0.3, 0.4) is 0 Å². The topological polar surface area (TPSA) is 48.3 Å². The lowest BCUT2D eigenvalue weighted by Gasteiger charge is -2.44. The van der Waals surface area contributed by atoms with E-state index in [9.17, 15) is 5.26 Å². The van der Waals surface area contributed by atoms with Gasteiger partial charge in [-0.3, -0.25) is 5.32 Å². The van der Waals surface area contributed by atoms with E-state index < -0.39 is 0 Å². The van der Waals surface area contributed by atoms with Crippen LogP contribution in [0.15, 0.2) is 0 Å². The third kappa shape index (κ3) is 3.72. The molecule has 1 heterocycles. The van der Waals surface area contributed by atoms with Crippen molar-refractivity contribution in [2.45, 2.75) is 76.1 Å². The third-order valence-electron chi connectivity index (χ3n) is 4.83. The summed E-state index contributed by atoms with van der Waals surface area (Å²) >= 11 is 0. The van der Waals surface area contributed by atoms with Gasteiger partial charge in [-0.25, -0.2) is 0 Å². The summed E-state index contributed by atoms with van der Waals surface area (Å²) in [5, 5.41) is 13.2. The molecule has 0 amide bonds. The summed E-state index contributed by atoms with van der Waals surface area (Å²) in [6.45, 7) is 6.50. The summed E-state index contributed by atoms with van der Waals surface area (Å²) in [5.74, 6) is 0. The maximum atomic E-state index is 9.64. The van der Waals surface area contributed by atoms with Crippen LogP contribution >= 0.6 is 0 Å². The smallest absolute Gasteiger partial charge is 0.108 e. The third-order valence-corrected chi connectivity index (χ3v) is 4.83. The molecular formula is C16H29N3O. The second kappa shape index (κ2) is 6.89. The van der Waals surface area contributed by atoms with Crippen molar-refractivity contribution in [3.8, 4) is 6.07 Å². The van der Waals surface area contributed by atoms with Crippen LogP contribution in [-0.2, 0) is 4.74 Å². The van der Waals surface area contributed by atoms with E-state index >= 15 is 0 Å². The molecule has 2 rings (SSSR count). The van der Waals surface area contributed by atoms with E-state index in [0.29, 0.717) is 18.2 Å². The molecule has 4 heteroatoms. The second-order valence-electron chi connectivity index (χ2n) is 6.71. The van der Waals surface area contributed by atoms with Crippen LogP contribution < -0.4 is 5.32 Å². The average Bonchev–Trinajstić information content (AvgIpc) is 2.47. The predicted molar refractivity (Wildman–Crippen MR) is 80.5 cm³/mol. The van der Waals surface area contributed by atoms with Gasteiger partial charge >= 0.3 is 0 Å². The number of nitrogens with zero attached hydrogens (tertiary/aromatic N) is 2. The summed E-state index contributed by atoms with van der Waals surface area (Å²) in [6.07, 6.45) is 7.05. The van der Waals surface area contributed by atoms with Crippen LogP contribution in [0.1, 0.15) is 52.4 Å². The van der Waals surface area contributed by atoms with E-state index in [0.717, 1.165) is 45.2 Å². The molecule has 0 radical (unpaired) electrons. The monoisotopic (exact) mass is 279 g/mol. The molecule has 0 bridgehead atoms. The lowest BCUT2D eigenvalue weighted by atomic mass is 9.78. The van der Waals surface area contributed by atoms with Gasteiger partial charge in [0.2, 0.25) is 0 Å². The molecule has 1 aliphatic carbocycles. The van der Waals surface area contributed by atoms with Crippen LogP contribution in [-0.4, -0.2) is 48.8 Å². The lowest BCUT2D eigenvalue weighted by Crippen LogP contribution is -2.55. The average molecular weight is 279 g/mol. The number of nitriles is 1. The zero-order valence-electron chi connectivity index (χ0n) is 13.2. The van der Waals surface area contributed by atoms with Gasteiger partial charge in [0.1, 0.15) is 5.54 Å². The van der Waals surface area contributed by atoms with E-state index in [-0.39, 0.29) is 5.54 Å². The molecule has 114 valence electrons. The fraction of sp³-hybridized carbons (Fsp3) is 0.938. The van der Waals surface area contributed by atoms with Gasteiger partial charge in [-0.15, -0.1) is 0 Å². The van der Waals surface area contributed by atoms with Crippen molar-refractivity contribution in [1.82, 2.24) is 10.2 Å². The molecule has 2 unspecified atom stereocenters. The van der Waals surface area contributed by atoms with Crippen molar-refractivity contribution in [2.75, 3.05) is 20.2 Å². The minimum absolute atomic E-state index is 0.310. The number of hydrogen-bond acceptors (Lipinski definition) is 4. The Balaban J connectivity index is 1.95. The van der Waals surface area contributed by atoms with E-state index in [4.69, 9.17) is 4.74 Å². The van der Waals surface area contributed by atoms with Gasteiger partial charge in [0, 0.05) is 32.3 Å². The molecule has 1 saturated carbocycles. The number of ether oxygens (including phenoxy) is 1. The largest absolute Gasteiger partial charge is 0.381 e. The molecule has 20 heavy (non-hydrogen) atoms. The maximum Gasteiger partial charge on any atom is 0.108 e. The van der Waals surface area contributed by atoms with Crippen molar-refractivity contribution in [3.05, 3.63) is 0 Å². The zero-order chi connectivity index (χ0) is 14.6. The molecule has 2 fully saturated rings. The quantitative estimate of drug-likeness (QED) is 0.858. The summed E-state index contributed by atoms with van der Waals surface area (Å²) in [4.78, 5) is 2.59. The first-order valence-electron chi connectivity index (χ1n) is 8.04. The van der Waals surface area contributed by atoms with Gasteiger partial charge in [-0.05, 0) is 52.4 Å². The Morgan fingerprint density at radius 2 is 2.00 bits per heavy atom. The maximum absolute atomic E-state index is 9.64. The minimum atomic E-state index is -0.310. The fourth-order valence-corrected chi connectivity index (χ4v) is 3.85. The normalized spacial score (nSPS) is 33.2. The number of hydrogen-bond donors (Lipinski definition) is 1. The van der Waals surface area contributed by atoms with Crippen molar-refractivity contribution >= 4 is 0 Å². The van der Waals surface area contributed by atoms with E-state index in [1.54, 1.807) is 0 Å². The van der Waals surface area contributed by atoms with Crippen LogP contribution in [0.25, 0.3) is 0 Å². The van der Waals surface area contributed by atoms with Gasteiger partial charge in [0.05, 0.1) is 12.2 Å². The molecule has 0 aromatic heterocycles. The summed E-state index contributed by atoms with van der Waals surface area (Å²) in [7, 11) is 1.81. The lowest BCUT2D eigenvalue weighted by molar-refractivity contribution is 0.0146. The number of rotatable bonds is 4. The number of methoxy groups -OCH3 is 1. The van der Waals surface area contributed by atoms with Gasteiger partial charge in [0.15, 0.2) is 0 Å². The first-order chi connectivity index (χ1) is 9.58. The number of piperidine rings is 1. The molecule has 0 aromatic carbocycles. The zero-order valence-corrected chi connectivity index (χ0v) is 13.2. The van der Waals surface area contributed by atoms with Crippen LogP contribution in [0, 0.1) is 11.3 Å². The van der Waals surface area contributed by atoms with E-state index in [1.165, 1.54) is 6.42 Å². The Labute approximate surface area is 123 Å². The van der Waals surface area contributed by atoms with Crippen molar-refractivity contribution in [2.24, 2.45) is 0 Å². The molecule has 1 saturated heterocycles. The predicted octanol–water partition coefficient (Wildman–Crippen LogP) is 2.30. The van der Waals surface area contributed by atoms with Crippen molar-refractivity contribution in [1.29, 1.82) is 5.26 Å². The Morgan fingerprint density at radius 3 is 2.55 bits per heavy atom. The second-order valence-corrected chi connectivity index (χ2v) is 6.71. The highest BCUT2D eigenvalue weighted by Gasteiger charge is 2.39. The summed E-state index contributed by atoms with van der Waals surface area (Å²) in [6, 6.07) is 3.51. The standard InChI is InChI=1S/C16H29N3O/c1-13(2)18-16(12-17)8-4-5-14(11-16)19-9-6-15(20-3)7-10-19/h13-15,18H,4-11H2,1-3H3. The summed E-state index contributed by atoms with van der Waals surface area (Å²) < 4.78 is 5.45. The van der Waals surface area contributed by atoms with E-state index in [2.05, 4.69) is 30.1 Å². The first kappa shape index (κ1) is 15.8. The molecule has 0 spiro atoms. The number of likely N-dealkylation sites (tertiary alicyclic amines) is 1. The Hall–Kier alpha value is -0.630. The molecule has 2 atom stereocenters. The van der Waals surface area contributed by atoms with Crippen LogP contribution in [0.5, 0.6) is 0 Å². The van der Waals surface area contributed by atoms with Crippen LogP contribution in [0.4, 0.5) is 0 Å². The fourth-order valence-electron chi connectivity index (χ4n) is 3.85. The van der Waals surface area contributed by atoms with Crippen molar-refractivity contribution in [3.63, 3.8) is 0 Å².